The first-order valence-corrected chi connectivity index (χ1v) is 7.16. The maximum Gasteiger partial charge on any atom is 0.333 e. The van der Waals surface area contributed by atoms with Crippen molar-refractivity contribution in [1.29, 1.82) is 0 Å². The third kappa shape index (κ3) is 1.83. The van der Waals surface area contributed by atoms with Crippen LogP contribution in [0, 0.1) is 23.7 Å². The van der Waals surface area contributed by atoms with Crippen LogP contribution in [0.1, 0.15) is 19.8 Å². The van der Waals surface area contributed by atoms with Crippen molar-refractivity contribution in [2.24, 2.45) is 23.7 Å². The van der Waals surface area contributed by atoms with Gasteiger partial charge < -0.3 is 4.74 Å². The molecule has 3 aliphatic rings. The van der Waals surface area contributed by atoms with Crippen LogP contribution in [0.2, 0.25) is 0 Å². The number of ether oxygens (including phenoxy) is 1. The van der Waals surface area contributed by atoms with E-state index >= 15 is 0 Å². The van der Waals surface area contributed by atoms with E-state index in [1.54, 1.807) is 6.92 Å². The molecule has 7 atom stereocenters. The fourth-order valence-corrected chi connectivity index (χ4v) is 4.17. The zero-order valence-electron chi connectivity index (χ0n) is 10.1. The first kappa shape index (κ1) is 12.3. The molecule has 5 nitrogen and oxygen atoms in total. The standard InChI is InChI=1S/C12H16O5S/c1-5(2)12(13)16-10-8-4-9(7-3-6(7)8)11(10)17-18(14)15/h6-11H,1,3-4H2,2H3,(H,14,15). The summed E-state index contributed by atoms with van der Waals surface area (Å²) in [6.45, 7) is 5.14. The van der Waals surface area contributed by atoms with Crippen molar-refractivity contribution in [2.75, 3.05) is 0 Å². The lowest BCUT2D eigenvalue weighted by Crippen LogP contribution is -2.40. The summed E-state index contributed by atoms with van der Waals surface area (Å²) in [5.74, 6) is 1.33. The second-order valence-corrected chi connectivity index (χ2v) is 6.18. The van der Waals surface area contributed by atoms with Gasteiger partial charge in [-0.1, -0.05) is 6.58 Å². The molecule has 0 aromatic rings. The fourth-order valence-electron chi connectivity index (χ4n) is 3.73. The third-order valence-corrected chi connectivity index (χ3v) is 4.88. The Kier molecular flexibility index (Phi) is 2.84. The Bertz CT molecular complexity index is 434. The van der Waals surface area contributed by atoms with Gasteiger partial charge >= 0.3 is 17.3 Å². The van der Waals surface area contributed by atoms with E-state index in [0.29, 0.717) is 17.4 Å². The van der Waals surface area contributed by atoms with Gasteiger partial charge in [0.2, 0.25) is 0 Å². The van der Waals surface area contributed by atoms with Gasteiger partial charge in [-0.2, -0.15) is 4.21 Å². The van der Waals surface area contributed by atoms with Gasteiger partial charge in [0.25, 0.3) is 0 Å². The number of hydrogen-bond acceptors (Lipinski definition) is 4. The summed E-state index contributed by atoms with van der Waals surface area (Å²) in [4.78, 5) is 11.6. The minimum Gasteiger partial charge on any atom is -0.456 e. The van der Waals surface area contributed by atoms with Crippen LogP contribution in [0.3, 0.4) is 0 Å². The van der Waals surface area contributed by atoms with E-state index < -0.39 is 23.4 Å². The van der Waals surface area contributed by atoms with Gasteiger partial charge in [0.15, 0.2) is 0 Å². The molecule has 3 fully saturated rings. The van der Waals surface area contributed by atoms with E-state index in [1.165, 1.54) is 0 Å². The molecule has 1 N–H and O–H groups in total. The Hall–Kier alpha value is -0.720. The number of rotatable bonds is 4. The molecule has 3 saturated carbocycles. The SMILES string of the molecule is C=C(C)C(=O)OC1C2CC(C3CC32)C1OS(=O)O. The molecule has 0 heterocycles. The molecule has 18 heavy (non-hydrogen) atoms. The van der Waals surface area contributed by atoms with Gasteiger partial charge in [0.05, 0.1) is 0 Å². The van der Waals surface area contributed by atoms with Crippen LogP contribution >= 0.6 is 0 Å². The Balaban J connectivity index is 1.75. The van der Waals surface area contributed by atoms with Gasteiger partial charge in [-0.3, -0.25) is 8.74 Å². The molecule has 2 bridgehead atoms. The second kappa shape index (κ2) is 4.15. The van der Waals surface area contributed by atoms with E-state index in [2.05, 4.69) is 6.58 Å². The third-order valence-electron chi connectivity index (χ3n) is 4.49. The Labute approximate surface area is 108 Å². The highest BCUT2D eigenvalue weighted by molar-refractivity contribution is 7.74. The quantitative estimate of drug-likeness (QED) is 0.474. The monoisotopic (exact) mass is 272 g/mol. The number of carbonyl (C=O) groups excluding carboxylic acids is 1. The minimum atomic E-state index is -2.31. The predicted molar refractivity (Wildman–Crippen MR) is 63.5 cm³/mol. The van der Waals surface area contributed by atoms with Crippen molar-refractivity contribution in [2.45, 2.75) is 32.0 Å². The summed E-state index contributed by atoms with van der Waals surface area (Å²) in [5.41, 5.74) is 0.342. The normalized spacial score (nSPS) is 45.4. The summed E-state index contributed by atoms with van der Waals surface area (Å²) in [5, 5.41) is 0. The Morgan fingerprint density at radius 1 is 1.22 bits per heavy atom. The van der Waals surface area contributed by atoms with E-state index in [0.717, 1.165) is 12.8 Å². The fraction of sp³-hybridized carbons (Fsp3) is 0.750. The highest BCUT2D eigenvalue weighted by atomic mass is 32.2. The highest BCUT2D eigenvalue weighted by Gasteiger charge is 2.67. The largest absolute Gasteiger partial charge is 0.456 e. The average molecular weight is 272 g/mol. The molecule has 7 unspecified atom stereocenters. The topological polar surface area (TPSA) is 72.8 Å². The summed E-state index contributed by atoms with van der Waals surface area (Å²) < 4.78 is 30.2. The molecule has 0 aromatic carbocycles. The lowest BCUT2D eigenvalue weighted by molar-refractivity contribution is -0.152. The van der Waals surface area contributed by atoms with Crippen molar-refractivity contribution in [3.8, 4) is 0 Å². The zero-order valence-corrected chi connectivity index (χ0v) is 10.9. The van der Waals surface area contributed by atoms with Crippen LogP contribution < -0.4 is 0 Å². The van der Waals surface area contributed by atoms with Crippen LogP contribution in [-0.4, -0.2) is 26.9 Å². The van der Waals surface area contributed by atoms with E-state index in [4.69, 9.17) is 13.5 Å². The molecule has 0 amide bonds. The smallest absolute Gasteiger partial charge is 0.333 e. The minimum absolute atomic E-state index is 0.263. The number of carbonyl (C=O) groups is 1. The summed E-state index contributed by atoms with van der Waals surface area (Å²) >= 11 is -2.31. The lowest BCUT2D eigenvalue weighted by atomic mass is 9.95. The molecule has 3 aliphatic carbocycles. The van der Waals surface area contributed by atoms with Gasteiger partial charge in [-0.25, -0.2) is 4.79 Å². The van der Waals surface area contributed by atoms with Crippen molar-refractivity contribution < 1.29 is 22.5 Å². The van der Waals surface area contributed by atoms with Crippen LogP contribution in [0.4, 0.5) is 0 Å². The first-order chi connectivity index (χ1) is 8.49. The van der Waals surface area contributed by atoms with Crippen LogP contribution in [0.15, 0.2) is 12.2 Å². The van der Waals surface area contributed by atoms with E-state index in [1.807, 2.05) is 0 Å². The van der Waals surface area contributed by atoms with Gasteiger partial charge in [-0.05, 0) is 37.5 Å². The summed E-state index contributed by atoms with van der Waals surface area (Å²) in [6, 6.07) is 0. The highest BCUT2D eigenvalue weighted by Crippen LogP contribution is 2.66. The lowest BCUT2D eigenvalue weighted by Gasteiger charge is -2.28. The Morgan fingerprint density at radius 2 is 1.78 bits per heavy atom. The van der Waals surface area contributed by atoms with Crippen LogP contribution in [0.5, 0.6) is 0 Å². The molecule has 0 saturated heterocycles. The number of fused-ring (bicyclic) bond motifs is 5. The van der Waals surface area contributed by atoms with Crippen molar-refractivity contribution in [1.82, 2.24) is 0 Å². The molecule has 0 radical (unpaired) electrons. The van der Waals surface area contributed by atoms with Crippen molar-refractivity contribution in [3.05, 3.63) is 12.2 Å². The maximum absolute atomic E-state index is 11.6. The zero-order chi connectivity index (χ0) is 13.0. The van der Waals surface area contributed by atoms with Crippen molar-refractivity contribution >= 4 is 17.3 Å². The molecule has 0 aromatic heterocycles. The number of esters is 1. The van der Waals surface area contributed by atoms with Gasteiger partial charge in [0.1, 0.15) is 12.2 Å². The van der Waals surface area contributed by atoms with E-state index in [9.17, 15) is 9.00 Å². The number of hydrogen-bond donors (Lipinski definition) is 1. The van der Waals surface area contributed by atoms with Gasteiger partial charge in [-0.15, -0.1) is 0 Å². The first-order valence-electron chi connectivity index (χ1n) is 6.13. The molecule has 0 aliphatic heterocycles. The molecule has 3 rings (SSSR count). The molecule has 0 spiro atoms. The average Bonchev–Trinajstić information content (AvgIpc) is 2.91. The van der Waals surface area contributed by atoms with Crippen molar-refractivity contribution in [3.63, 3.8) is 0 Å². The summed E-state index contributed by atoms with van der Waals surface area (Å²) in [6.07, 6.45) is 1.24. The Morgan fingerprint density at radius 3 is 2.33 bits per heavy atom. The van der Waals surface area contributed by atoms with Crippen LogP contribution in [0.25, 0.3) is 0 Å². The molecule has 100 valence electrons. The predicted octanol–water partition coefficient (Wildman–Crippen LogP) is 1.28. The van der Waals surface area contributed by atoms with E-state index in [-0.39, 0.29) is 17.9 Å². The second-order valence-electron chi connectivity index (χ2n) is 5.56. The maximum atomic E-state index is 11.6. The van der Waals surface area contributed by atoms with Crippen LogP contribution in [-0.2, 0) is 25.1 Å². The molecular formula is C12H16O5S. The molecular weight excluding hydrogens is 256 g/mol. The summed E-state index contributed by atoms with van der Waals surface area (Å²) in [7, 11) is 0. The van der Waals surface area contributed by atoms with Gasteiger partial charge in [0, 0.05) is 11.5 Å². The molecule has 6 heteroatoms.